The summed E-state index contributed by atoms with van der Waals surface area (Å²) in [6.07, 6.45) is 3.64. The van der Waals surface area contributed by atoms with Crippen LogP contribution >= 0.6 is 0 Å². The third-order valence-electron chi connectivity index (χ3n) is 2.95. The van der Waals surface area contributed by atoms with Gasteiger partial charge in [-0.3, -0.25) is 4.79 Å². The lowest BCUT2D eigenvalue weighted by Crippen LogP contribution is -2.08. The molecule has 0 radical (unpaired) electrons. The Kier molecular flexibility index (Phi) is 4.91. The molecule has 0 aliphatic rings. The summed E-state index contributed by atoms with van der Waals surface area (Å²) in [4.78, 5) is 11.8. The van der Waals surface area contributed by atoms with Crippen molar-refractivity contribution in [1.29, 1.82) is 0 Å². The average molecular weight is 270 g/mol. The molecule has 0 spiro atoms. The zero-order chi connectivity index (χ0) is 14.4. The van der Waals surface area contributed by atoms with Crippen molar-refractivity contribution in [2.24, 2.45) is 0 Å². The molecule has 0 unspecified atom stereocenters. The summed E-state index contributed by atoms with van der Waals surface area (Å²) in [7, 11) is 0. The first-order valence-corrected chi connectivity index (χ1v) is 6.58. The van der Waals surface area contributed by atoms with Gasteiger partial charge in [0.25, 0.3) is 0 Å². The van der Waals surface area contributed by atoms with E-state index in [2.05, 4.69) is 0 Å². The second-order valence-electron chi connectivity index (χ2n) is 4.54. The van der Waals surface area contributed by atoms with Crippen molar-refractivity contribution in [2.75, 3.05) is 0 Å². The van der Waals surface area contributed by atoms with Gasteiger partial charge in [0, 0.05) is 11.6 Å². The highest BCUT2D eigenvalue weighted by Crippen LogP contribution is 2.11. The minimum atomic E-state index is -0.0253. The molecule has 0 fully saturated rings. The van der Waals surface area contributed by atoms with Gasteiger partial charge in [-0.1, -0.05) is 36.4 Å². The van der Waals surface area contributed by atoms with E-state index < -0.39 is 0 Å². The maximum atomic E-state index is 11.8. The van der Waals surface area contributed by atoms with Gasteiger partial charge in [-0.2, -0.15) is 0 Å². The van der Waals surface area contributed by atoms with Crippen molar-refractivity contribution >= 4 is 6.08 Å². The number of ether oxygens (including phenoxy) is 1. The fourth-order valence-corrected chi connectivity index (χ4v) is 1.85. The van der Waals surface area contributed by atoms with Crippen LogP contribution in [-0.4, -0.2) is 0 Å². The van der Waals surface area contributed by atoms with Crippen LogP contribution in [0.4, 0.5) is 0 Å². The average Bonchev–Trinajstić information content (AvgIpc) is 2.45. The van der Waals surface area contributed by atoms with Crippen molar-refractivity contribution in [3.05, 3.63) is 75.3 Å². The van der Waals surface area contributed by atoms with Gasteiger partial charge in [0.05, 0.1) is 6.61 Å². The third-order valence-corrected chi connectivity index (χ3v) is 2.95. The van der Waals surface area contributed by atoms with Gasteiger partial charge >= 0.3 is 0 Å². The Morgan fingerprint density at radius 1 is 1.20 bits per heavy atom. The molecular weight excluding hydrogens is 252 g/mol. The number of rotatable bonds is 5. The van der Waals surface area contributed by atoms with E-state index in [-0.39, 0.29) is 12.0 Å². The van der Waals surface area contributed by atoms with Crippen molar-refractivity contribution in [3.63, 3.8) is 0 Å². The highest BCUT2D eigenvalue weighted by molar-refractivity contribution is 5.46. The van der Waals surface area contributed by atoms with Crippen LogP contribution in [0.2, 0.25) is 0 Å². The molecule has 1 aromatic heterocycles. The van der Waals surface area contributed by atoms with Gasteiger partial charge in [0.15, 0.2) is 5.43 Å². The zero-order valence-corrected chi connectivity index (χ0v) is 11.8. The van der Waals surface area contributed by atoms with E-state index in [0.29, 0.717) is 23.7 Å². The van der Waals surface area contributed by atoms with E-state index >= 15 is 0 Å². The van der Waals surface area contributed by atoms with Crippen LogP contribution < -0.4 is 5.43 Å². The number of hydrogen-bond donors (Lipinski definition) is 0. The summed E-state index contributed by atoms with van der Waals surface area (Å²) in [6.45, 7) is 4.43. The summed E-state index contributed by atoms with van der Waals surface area (Å²) >= 11 is 0. The molecule has 2 aromatic rings. The van der Waals surface area contributed by atoms with Crippen LogP contribution in [0.5, 0.6) is 0 Å². The smallest absolute Gasteiger partial charge is 0.188 e. The van der Waals surface area contributed by atoms with E-state index in [0.717, 1.165) is 5.56 Å². The van der Waals surface area contributed by atoms with Crippen LogP contribution in [0.1, 0.15) is 29.6 Å². The molecule has 1 aromatic carbocycles. The number of benzene rings is 1. The van der Waals surface area contributed by atoms with Gasteiger partial charge in [-0.15, -0.1) is 0 Å². The van der Waals surface area contributed by atoms with Crippen molar-refractivity contribution in [3.8, 4) is 0 Å². The van der Waals surface area contributed by atoms with Gasteiger partial charge < -0.3 is 9.15 Å². The van der Waals surface area contributed by atoms with Crippen molar-refractivity contribution in [1.82, 2.24) is 0 Å². The van der Waals surface area contributed by atoms with Gasteiger partial charge in [0.1, 0.15) is 18.1 Å². The molecule has 2 rings (SSSR count). The van der Waals surface area contributed by atoms with Crippen molar-refractivity contribution in [2.45, 2.75) is 27.1 Å². The van der Waals surface area contributed by atoms with Crippen molar-refractivity contribution < 1.29 is 9.15 Å². The van der Waals surface area contributed by atoms with Crippen LogP contribution in [0.25, 0.3) is 6.08 Å². The summed E-state index contributed by atoms with van der Waals surface area (Å²) in [5.41, 5.74) is 1.69. The van der Waals surface area contributed by atoms with Gasteiger partial charge in [-0.05, 0) is 25.5 Å². The predicted molar refractivity (Wildman–Crippen MR) is 79.4 cm³/mol. The fraction of sp³-hybridized carbons (Fsp3) is 0.235. The molecule has 1 heterocycles. The Balaban J connectivity index is 2.05. The van der Waals surface area contributed by atoms with E-state index in [4.69, 9.17) is 9.15 Å². The standard InChI is InChI=1S/C17H18O3/c1-3-7-17-13(2)16(18)10-15(20-17)12-19-11-14-8-5-4-6-9-14/h3-10H,11-12H2,1-2H3/b7-3+. The summed E-state index contributed by atoms with van der Waals surface area (Å²) < 4.78 is 11.2. The molecule has 20 heavy (non-hydrogen) atoms. The molecule has 3 nitrogen and oxygen atoms in total. The first-order valence-electron chi connectivity index (χ1n) is 6.58. The molecule has 0 aliphatic carbocycles. The van der Waals surface area contributed by atoms with Crippen LogP contribution in [0, 0.1) is 6.92 Å². The maximum Gasteiger partial charge on any atom is 0.188 e. The Labute approximate surface area is 118 Å². The van der Waals surface area contributed by atoms with Gasteiger partial charge in [0.2, 0.25) is 0 Å². The van der Waals surface area contributed by atoms with E-state index in [1.165, 1.54) is 6.07 Å². The van der Waals surface area contributed by atoms with Crippen LogP contribution in [-0.2, 0) is 18.0 Å². The second kappa shape index (κ2) is 6.87. The first-order chi connectivity index (χ1) is 9.70. The lowest BCUT2D eigenvalue weighted by atomic mass is 10.2. The van der Waals surface area contributed by atoms with E-state index in [1.54, 1.807) is 13.0 Å². The fourth-order valence-electron chi connectivity index (χ4n) is 1.85. The Morgan fingerprint density at radius 3 is 2.65 bits per heavy atom. The van der Waals surface area contributed by atoms with Crippen LogP contribution in [0.3, 0.4) is 0 Å². The summed E-state index contributed by atoms with van der Waals surface area (Å²) in [5.74, 6) is 1.14. The van der Waals surface area contributed by atoms with E-state index in [1.807, 2.05) is 43.3 Å². The largest absolute Gasteiger partial charge is 0.459 e. The Morgan fingerprint density at radius 2 is 1.95 bits per heavy atom. The quantitative estimate of drug-likeness (QED) is 0.831. The minimum Gasteiger partial charge on any atom is -0.459 e. The highest BCUT2D eigenvalue weighted by Gasteiger charge is 2.06. The molecular formula is C17H18O3. The zero-order valence-electron chi connectivity index (χ0n) is 11.8. The Hall–Kier alpha value is -2.13. The molecule has 104 valence electrons. The lowest BCUT2D eigenvalue weighted by Gasteiger charge is -2.06. The molecule has 0 saturated heterocycles. The maximum absolute atomic E-state index is 11.8. The first kappa shape index (κ1) is 14.3. The molecule has 0 bridgehead atoms. The van der Waals surface area contributed by atoms with Gasteiger partial charge in [-0.25, -0.2) is 0 Å². The normalized spacial score (nSPS) is 11.1. The molecule has 3 heteroatoms. The summed E-state index contributed by atoms with van der Waals surface area (Å²) in [6, 6.07) is 11.4. The van der Waals surface area contributed by atoms with E-state index in [9.17, 15) is 4.79 Å². The molecule has 0 N–H and O–H groups in total. The Bertz CT molecular complexity index is 639. The van der Waals surface area contributed by atoms with Crippen LogP contribution in [0.15, 0.2) is 51.7 Å². The predicted octanol–water partition coefficient (Wildman–Crippen LogP) is 3.70. The molecule has 0 saturated carbocycles. The highest BCUT2D eigenvalue weighted by atomic mass is 16.5. The topological polar surface area (TPSA) is 39.4 Å². The molecule has 0 atom stereocenters. The summed E-state index contributed by atoms with van der Waals surface area (Å²) in [5, 5.41) is 0. The monoisotopic (exact) mass is 270 g/mol. The third kappa shape index (κ3) is 3.68. The molecule has 0 aliphatic heterocycles. The second-order valence-corrected chi connectivity index (χ2v) is 4.54. The number of allylic oxidation sites excluding steroid dienone is 1. The minimum absolute atomic E-state index is 0.0253. The molecule has 0 amide bonds. The SMILES string of the molecule is C/C=C/c1oc(COCc2ccccc2)cc(=O)c1C. The number of hydrogen-bond acceptors (Lipinski definition) is 3. The lowest BCUT2D eigenvalue weighted by molar-refractivity contribution is 0.0914.